The van der Waals surface area contributed by atoms with Gasteiger partial charge in [-0.3, -0.25) is 4.79 Å². The number of amides is 1. The van der Waals surface area contributed by atoms with Gasteiger partial charge in [0.25, 0.3) is 0 Å². The zero-order valence-electron chi connectivity index (χ0n) is 10.8. The molecule has 0 spiro atoms. The van der Waals surface area contributed by atoms with Crippen LogP contribution in [0, 0.1) is 17.2 Å². The van der Waals surface area contributed by atoms with Crippen LogP contribution in [0.15, 0.2) is 47.8 Å². The average Bonchev–Trinajstić information content (AvgIpc) is 3.01. The monoisotopic (exact) mass is 282 g/mol. The topological polar surface area (TPSA) is 52.9 Å². The van der Waals surface area contributed by atoms with Crippen molar-refractivity contribution in [3.63, 3.8) is 0 Å². The first-order chi connectivity index (χ1) is 9.79. The molecule has 3 atom stereocenters. The maximum Gasteiger partial charge on any atom is 0.238 e. The maximum atomic E-state index is 12.2. The van der Waals surface area contributed by atoms with Gasteiger partial charge in [0.2, 0.25) is 5.91 Å². The predicted octanol–water partition coefficient (Wildman–Crippen LogP) is 3.23. The molecule has 100 valence electrons. The fourth-order valence-electron chi connectivity index (χ4n) is 2.75. The van der Waals surface area contributed by atoms with Crippen molar-refractivity contribution in [2.45, 2.75) is 18.4 Å². The van der Waals surface area contributed by atoms with Crippen molar-refractivity contribution >= 4 is 17.2 Å². The van der Waals surface area contributed by atoms with E-state index in [2.05, 4.69) is 11.4 Å². The number of rotatable bonds is 2. The zero-order valence-corrected chi connectivity index (χ0v) is 11.6. The second-order valence-corrected chi connectivity index (χ2v) is 5.92. The molecule has 0 saturated carbocycles. The van der Waals surface area contributed by atoms with Crippen LogP contribution in [0.2, 0.25) is 0 Å². The van der Waals surface area contributed by atoms with Gasteiger partial charge in [0.05, 0.1) is 12.1 Å². The molecule has 1 aromatic heterocycles. The number of nitriles is 1. The highest BCUT2D eigenvalue weighted by atomic mass is 32.1. The highest BCUT2D eigenvalue weighted by Crippen LogP contribution is 2.39. The minimum absolute atomic E-state index is 0.0114. The molecule has 1 aliphatic heterocycles. The third-order valence-corrected chi connectivity index (χ3v) is 4.73. The number of hydrogen-bond donors (Lipinski definition) is 1. The van der Waals surface area contributed by atoms with E-state index < -0.39 is 5.92 Å². The highest BCUT2D eigenvalue weighted by Gasteiger charge is 2.38. The van der Waals surface area contributed by atoms with E-state index in [1.165, 1.54) is 0 Å². The Bertz CT molecular complexity index is 630. The van der Waals surface area contributed by atoms with Crippen molar-refractivity contribution < 1.29 is 4.79 Å². The summed E-state index contributed by atoms with van der Waals surface area (Å²) in [6, 6.07) is 16.0. The van der Waals surface area contributed by atoms with Crippen LogP contribution in [-0.2, 0) is 4.79 Å². The molecule has 2 heterocycles. The number of carbonyl (C=O) groups is 1. The Balaban J connectivity index is 1.93. The van der Waals surface area contributed by atoms with Crippen molar-refractivity contribution in [1.29, 1.82) is 5.26 Å². The third-order valence-electron chi connectivity index (χ3n) is 3.74. The largest absolute Gasteiger partial charge is 0.347 e. The fourth-order valence-corrected chi connectivity index (χ4v) is 3.54. The molecule has 1 aromatic carbocycles. The van der Waals surface area contributed by atoms with Crippen LogP contribution in [0.3, 0.4) is 0 Å². The molecule has 1 N–H and O–H groups in total. The minimum Gasteiger partial charge on any atom is -0.347 e. The summed E-state index contributed by atoms with van der Waals surface area (Å²) in [6.07, 6.45) is 0.772. The molecular formula is C16H14N2OS. The van der Waals surface area contributed by atoms with Crippen molar-refractivity contribution in [3.05, 3.63) is 58.3 Å². The van der Waals surface area contributed by atoms with E-state index in [-0.39, 0.29) is 17.9 Å². The van der Waals surface area contributed by atoms with Crippen molar-refractivity contribution in [1.82, 2.24) is 5.32 Å². The Kier molecular flexibility index (Phi) is 3.53. The van der Waals surface area contributed by atoms with Gasteiger partial charge in [0.1, 0.15) is 5.92 Å². The Morgan fingerprint density at radius 1 is 1.20 bits per heavy atom. The Morgan fingerprint density at radius 2 is 2.00 bits per heavy atom. The van der Waals surface area contributed by atoms with E-state index in [1.54, 1.807) is 11.3 Å². The maximum absolute atomic E-state index is 12.2. The lowest BCUT2D eigenvalue weighted by molar-refractivity contribution is -0.126. The van der Waals surface area contributed by atoms with E-state index in [9.17, 15) is 10.1 Å². The van der Waals surface area contributed by atoms with E-state index >= 15 is 0 Å². The number of nitrogens with zero attached hydrogens (tertiary/aromatic N) is 1. The van der Waals surface area contributed by atoms with Gasteiger partial charge in [-0.15, -0.1) is 11.3 Å². The van der Waals surface area contributed by atoms with Gasteiger partial charge in [-0.1, -0.05) is 36.4 Å². The molecule has 3 rings (SSSR count). The number of thiophene rings is 1. The van der Waals surface area contributed by atoms with Crippen molar-refractivity contribution in [3.8, 4) is 6.07 Å². The van der Waals surface area contributed by atoms with Crippen molar-refractivity contribution in [2.75, 3.05) is 0 Å². The van der Waals surface area contributed by atoms with E-state index in [0.717, 1.165) is 16.9 Å². The van der Waals surface area contributed by atoms with Crippen LogP contribution in [0.25, 0.3) is 0 Å². The van der Waals surface area contributed by atoms with Crippen LogP contribution in [0.1, 0.15) is 28.8 Å². The molecule has 1 aliphatic rings. The number of carbonyl (C=O) groups excluding carboxylic acids is 1. The SMILES string of the molecule is N#CC1C(=O)NC(c2cccs2)CC1c1ccccc1. The molecule has 1 amide bonds. The minimum atomic E-state index is -0.603. The summed E-state index contributed by atoms with van der Waals surface area (Å²) in [4.78, 5) is 13.3. The molecule has 0 bridgehead atoms. The Hall–Kier alpha value is -2.12. The fraction of sp³-hybridized carbons (Fsp3) is 0.250. The molecule has 3 unspecified atom stereocenters. The van der Waals surface area contributed by atoms with Gasteiger partial charge in [-0.25, -0.2) is 0 Å². The summed E-state index contributed by atoms with van der Waals surface area (Å²) in [5.74, 6) is -0.804. The summed E-state index contributed by atoms with van der Waals surface area (Å²) < 4.78 is 0. The second kappa shape index (κ2) is 5.48. The predicted molar refractivity (Wildman–Crippen MR) is 78.1 cm³/mol. The van der Waals surface area contributed by atoms with E-state index in [4.69, 9.17) is 0 Å². The van der Waals surface area contributed by atoms with E-state index in [0.29, 0.717) is 0 Å². The van der Waals surface area contributed by atoms with Crippen LogP contribution in [0.4, 0.5) is 0 Å². The first-order valence-corrected chi connectivity index (χ1v) is 7.46. The summed E-state index contributed by atoms with van der Waals surface area (Å²) in [5, 5.41) is 14.3. The summed E-state index contributed by atoms with van der Waals surface area (Å²) in [6.45, 7) is 0. The number of hydrogen-bond acceptors (Lipinski definition) is 3. The van der Waals surface area contributed by atoms with Crippen molar-refractivity contribution in [2.24, 2.45) is 5.92 Å². The standard InChI is InChI=1S/C16H14N2OS/c17-10-13-12(11-5-2-1-3-6-11)9-14(18-16(13)19)15-7-4-8-20-15/h1-8,12-14H,9H2,(H,18,19). The molecular weight excluding hydrogens is 268 g/mol. The normalized spacial score (nSPS) is 25.8. The summed E-state index contributed by atoms with van der Waals surface area (Å²) in [5.41, 5.74) is 1.07. The molecule has 0 aliphatic carbocycles. The second-order valence-electron chi connectivity index (χ2n) is 4.94. The summed E-state index contributed by atoms with van der Waals surface area (Å²) in [7, 11) is 0. The van der Waals surface area contributed by atoms with Gasteiger partial charge in [0.15, 0.2) is 0 Å². The first-order valence-electron chi connectivity index (χ1n) is 6.58. The lowest BCUT2D eigenvalue weighted by Crippen LogP contribution is -2.42. The average molecular weight is 282 g/mol. The van der Waals surface area contributed by atoms with Crippen LogP contribution in [-0.4, -0.2) is 5.91 Å². The summed E-state index contributed by atoms with van der Waals surface area (Å²) >= 11 is 1.64. The van der Waals surface area contributed by atoms with Gasteiger partial charge < -0.3 is 5.32 Å². The van der Waals surface area contributed by atoms with Crippen LogP contribution in [0.5, 0.6) is 0 Å². The Morgan fingerprint density at radius 3 is 2.65 bits per heavy atom. The van der Waals surface area contributed by atoms with E-state index in [1.807, 2.05) is 47.8 Å². The quantitative estimate of drug-likeness (QED) is 0.919. The smallest absolute Gasteiger partial charge is 0.238 e. The zero-order chi connectivity index (χ0) is 13.9. The number of piperidine rings is 1. The number of nitrogens with one attached hydrogen (secondary N) is 1. The van der Waals surface area contributed by atoms with Gasteiger partial charge >= 0.3 is 0 Å². The van der Waals surface area contributed by atoms with Crippen LogP contribution >= 0.6 is 11.3 Å². The first kappa shape index (κ1) is 12.9. The molecule has 20 heavy (non-hydrogen) atoms. The lowest BCUT2D eigenvalue weighted by atomic mass is 9.78. The van der Waals surface area contributed by atoms with Crippen LogP contribution < -0.4 is 5.32 Å². The highest BCUT2D eigenvalue weighted by molar-refractivity contribution is 7.10. The van der Waals surface area contributed by atoms with Gasteiger partial charge in [-0.2, -0.15) is 5.26 Å². The molecule has 3 nitrogen and oxygen atoms in total. The van der Waals surface area contributed by atoms with Gasteiger partial charge in [-0.05, 0) is 23.4 Å². The third kappa shape index (κ3) is 2.33. The molecule has 4 heteroatoms. The van der Waals surface area contributed by atoms with Gasteiger partial charge in [0, 0.05) is 10.8 Å². The molecule has 2 aromatic rings. The molecule has 1 fully saturated rings. The lowest BCUT2D eigenvalue weighted by Gasteiger charge is -2.33. The molecule has 1 saturated heterocycles. The molecule has 0 radical (unpaired) electrons. The Labute approximate surface area is 121 Å². The number of benzene rings is 1.